The van der Waals surface area contributed by atoms with Crippen LogP contribution in [0.4, 0.5) is 0 Å². The first kappa shape index (κ1) is 54.3. The van der Waals surface area contributed by atoms with Crippen LogP contribution in [0.15, 0.2) is 325 Å². The Morgan fingerprint density at radius 2 is 0.833 bits per heavy atom. The van der Waals surface area contributed by atoms with E-state index in [1.165, 1.54) is 142 Å². The van der Waals surface area contributed by atoms with Crippen LogP contribution in [0.5, 0.6) is 0 Å². The Bertz CT molecular complexity index is 5660. The molecule has 1 unspecified atom stereocenters. The van der Waals surface area contributed by atoms with E-state index in [1.807, 2.05) is 0 Å². The van der Waals surface area contributed by atoms with Gasteiger partial charge in [0.05, 0.1) is 0 Å². The molecule has 0 N–H and O–H groups in total. The molecule has 0 spiro atoms. The van der Waals surface area contributed by atoms with Crippen LogP contribution in [0.1, 0.15) is 62.1 Å². The van der Waals surface area contributed by atoms with Gasteiger partial charge in [-0.2, -0.15) is 0 Å². The highest BCUT2D eigenvalue weighted by Crippen LogP contribution is 2.61. The van der Waals surface area contributed by atoms with Crippen LogP contribution in [0.3, 0.4) is 0 Å². The van der Waals surface area contributed by atoms with Gasteiger partial charge in [0, 0.05) is 32.7 Å². The van der Waals surface area contributed by atoms with Gasteiger partial charge in [-0.05, 0) is 202 Å². The second-order valence-corrected chi connectivity index (χ2v) is 24.3. The molecule has 18 rings (SSSR count). The highest BCUT2D eigenvalue weighted by Gasteiger charge is 2.40. The predicted molar refractivity (Wildman–Crippen MR) is 387 cm³/mol. The number of fused-ring (bicyclic) bond motifs is 15. The van der Waals surface area contributed by atoms with Crippen LogP contribution in [-0.4, -0.2) is 0 Å². The number of aryl methyl sites for hydroxylation is 1. The Balaban J connectivity index is 0.000000119. The molecule has 14 aromatic carbocycles. The van der Waals surface area contributed by atoms with Crippen molar-refractivity contribution in [2.75, 3.05) is 0 Å². The van der Waals surface area contributed by atoms with E-state index in [9.17, 15) is 0 Å². The van der Waals surface area contributed by atoms with E-state index in [0.717, 1.165) is 33.2 Å². The summed E-state index contributed by atoms with van der Waals surface area (Å²) in [5.74, 6) is 13.9. The number of rotatable bonds is 2. The monoisotopic (exact) mass is 1200 g/mol. The normalized spacial score (nSPS) is 14.3. The van der Waals surface area contributed by atoms with Crippen LogP contribution >= 0.6 is 15.9 Å². The van der Waals surface area contributed by atoms with E-state index in [2.05, 4.69) is 356 Å². The lowest BCUT2D eigenvalue weighted by Crippen LogP contribution is -2.07. The van der Waals surface area contributed by atoms with E-state index in [1.54, 1.807) is 0 Å². The maximum Gasteiger partial charge on any atom is 0.0366 e. The lowest BCUT2D eigenvalue weighted by molar-refractivity contribution is 0.774. The minimum atomic E-state index is 0.487. The van der Waals surface area contributed by atoms with Crippen LogP contribution in [-0.2, 0) is 0 Å². The van der Waals surface area contributed by atoms with Crippen LogP contribution in [0, 0.1) is 36.5 Å². The van der Waals surface area contributed by atoms with Gasteiger partial charge in [0.15, 0.2) is 0 Å². The molecule has 4 aliphatic carbocycles. The van der Waals surface area contributed by atoms with Gasteiger partial charge in [0.25, 0.3) is 0 Å². The maximum absolute atomic E-state index is 3.73. The molecule has 0 heterocycles. The third-order valence-electron chi connectivity index (χ3n) is 18.4. The first-order valence-electron chi connectivity index (χ1n) is 30.9. The summed E-state index contributed by atoms with van der Waals surface area (Å²) in [4.78, 5) is 0. The molecule has 0 saturated heterocycles. The number of hydrogen-bond donors (Lipinski definition) is 0. The molecule has 0 nitrogen and oxygen atoms in total. The summed E-state index contributed by atoms with van der Waals surface area (Å²) >= 11 is 3.73. The molecule has 0 bridgehead atoms. The van der Waals surface area contributed by atoms with Crippen molar-refractivity contribution >= 4 is 114 Å². The Morgan fingerprint density at radius 1 is 0.344 bits per heavy atom. The Kier molecular flexibility index (Phi) is 14.0. The van der Waals surface area contributed by atoms with Crippen LogP contribution < -0.4 is 0 Å². The van der Waals surface area contributed by atoms with E-state index < -0.39 is 0 Å². The zero-order valence-electron chi connectivity index (χ0n) is 49.6. The summed E-state index contributed by atoms with van der Waals surface area (Å²) in [6, 6.07) is 101. The second-order valence-electron chi connectivity index (χ2n) is 23.5. The second kappa shape index (κ2) is 23.2. The lowest BCUT2D eigenvalue weighted by atomic mass is 9.86. The maximum atomic E-state index is 3.73. The highest BCUT2D eigenvalue weighted by atomic mass is 79.9. The van der Waals surface area contributed by atoms with Gasteiger partial charge in [-0.1, -0.05) is 303 Å². The van der Waals surface area contributed by atoms with Crippen molar-refractivity contribution < 1.29 is 0 Å². The van der Waals surface area contributed by atoms with Crippen molar-refractivity contribution in [3.63, 3.8) is 0 Å². The van der Waals surface area contributed by atoms with Crippen molar-refractivity contribution in [2.45, 2.75) is 13.3 Å². The molecule has 0 saturated carbocycles. The average Bonchev–Trinajstić information content (AvgIpc) is 1.53. The zero-order valence-corrected chi connectivity index (χ0v) is 51.2. The average molecular weight is 1210 g/mol. The third kappa shape index (κ3) is 9.79. The molecule has 0 fully saturated rings. The van der Waals surface area contributed by atoms with Gasteiger partial charge in [-0.15, -0.1) is 0 Å². The summed E-state index contributed by atoms with van der Waals surface area (Å²) < 4.78 is 1.13. The molecule has 14 aromatic rings. The van der Waals surface area contributed by atoms with Crippen molar-refractivity contribution in [3.8, 4) is 23.7 Å². The minimum absolute atomic E-state index is 0.487. The van der Waals surface area contributed by atoms with Crippen LogP contribution in [0.2, 0.25) is 0 Å². The zero-order chi connectivity index (χ0) is 60.1. The molecule has 0 aromatic heterocycles. The molecule has 0 radical (unpaired) electrons. The summed E-state index contributed by atoms with van der Waals surface area (Å²) in [6.45, 7) is 2.15. The number of allylic oxidation sites excluding steroid dienone is 10. The van der Waals surface area contributed by atoms with Crippen molar-refractivity contribution in [1.82, 2.24) is 0 Å². The van der Waals surface area contributed by atoms with Crippen LogP contribution in [0.25, 0.3) is 97.7 Å². The molecule has 1 heteroatoms. The number of halogens is 1. The Hall–Kier alpha value is -11.1. The van der Waals surface area contributed by atoms with E-state index in [0.29, 0.717) is 5.92 Å². The summed E-state index contributed by atoms with van der Waals surface area (Å²) in [6.07, 6.45) is 11.9. The topological polar surface area (TPSA) is 0 Å². The molecule has 90 heavy (non-hydrogen) atoms. The summed E-state index contributed by atoms with van der Waals surface area (Å²) in [5, 5.41) is 17.7. The smallest absolute Gasteiger partial charge is 0.0366 e. The van der Waals surface area contributed by atoms with E-state index >= 15 is 0 Å². The Labute approximate surface area is 533 Å². The molecule has 420 valence electrons. The predicted octanol–water partition coefficient (Wildman–Crippen LogP) is 23.2. The van der Waals surface area contributed by atoms with Crippen molar-refractivity contribution in [2.24, 2.45) is 5.92 Å². The van der Waals surface area contributed by atoms with Crippen molar-refractivity contribution in [3.05, 3.63) is 381 Å². The van der Waals surface area contributed by atoms with Gasteiger partial charge in [0.1, 0.15) is 0 Å². The number of benzene rings is 14. The fraction of sp³-hybridized carbons (Fsp3) is 0.0337. The SMILES string of the molecule is BrC1=C2C=CC=CC2CC=C1C#Cc1ccc2ccccc2c1.Cc1c(C#Cc2cccc3ccccc23)ccc2ccccc12.c1ccc2cc(C3=C4C(=C(c5cccc6ccccc56)c5ccc6ccccc6c54)c4c3ccc3ccccc43)ccc2c1. The summed E-state index contributed by atoms with van der Waals surface area (Å²) in [7, 11) is 0. The van der Waals surface area contributed by atoms with Gasteiger partial charge in [-0.3, -0.25) is 0 Å². The fourth-order valence-electron chi connectivity index (χ4n) is 13.9. The first-order valence-corrected chi connectivity index (χ1v) is 31.7. The number of hydrogen-bond acceptors (Lipinski definition) is 0. The highest BCUT2D eigenvalue weighted by molar-refractivity contribution is 9.12. The molecular formula is C89H57Br. The van der Waals surface area contributed by atoms with Gasteiger partial charge in [-0.25, -0.2) is 0 Å². The van der Waals surface area contributed by atoms with Crippen molar-refractivity contribution in [1.29, 1.82) is 0 Å². The largest absolute Gasteiger partial charge is 0.0767 e. The Morgan fingerprint density at radius 3 is 1.52 bits per heavy atom. The van der Waals surface area contributed by atoms with E-state index in [4.69, 9.17) is 0 Å². The molecular weight excluding hydrogens is 1150 g/mol. The minimum Gasteiger partial charge on any atom is -0.0767 e. The third-order valence-corrected chi connectivity index (χ3v) is 19.2. The lowest BCUT2D eigenvalue weighted by Gasteiger charge is -2.22. The first-order chi connectivity index (χ1) is 44.5. The molecule has 0 aliphatic heterocycles. The molecule has 4 aliphatic rings. The van der Waals surface area contributed by atoms with Gasteiger partial charge < -0.3 is 0 Å². The molecule has 0 amide bonds. The summed E-state index contributed by atoms with van der Waals surface area (Å²) in [5.41, 5.74) is 20.2. The quantitative estimate of drug-likeness (QED) is 0.151. The van der Waals surface area contributed by atoms with Gasteiger partial charge >= 0.3 is 0 Å². The van der Waals surface area contributed by atoms with E-state index in [-0.39, 0.29) is 0 Å². The van der Waals surface area contributed by atoms with Gasteiger partial charge in [0.2, 0.25) is 0 Å². The molecule has 1 atom stereocenters. The standard InChI is InChI=1S/C44H26.C23H16.C22H15Br/c1-2-14-31-26-32(21-20-27(31)10-1)39-37-24-22-29-12-4-7-17-34(29)40(37)44-42(36-19-9-15-28-11-3-6-16-33(28)36)38-25-23-30-13-5-8-18-35(30)41(38)43(39)44;1-17-18(13-15-20-8-2-4-11-22(17)20)14-16-21-10-6-9-19-7-3-5-12-23(19)21;23-22-19(14-13-18-6-3-4-8-21(18)22)12-10-16-9-11-17-5-1-2-7-20(17)15-16/h1-26H;2-13,15H,1H3;1-9,11,14-15,18H,13H2. The fourth-order valence-corrected chi connectivity index (χ4v) is 14.6.